The van der Waals surface area contributed by atoms with Crippen LogP contribution in [0, 0.1) is 48.4 Å². The number of alkyl halides is 1. The monoisotopic (exact) mass is 442 g/mol. The van der Waals surface area contributed by atoms with E-state index in [1.807, 2.05) is 0 Å². The Morgan fingerprint density at radius 1 is 0.875 bits per heavy atom. The van der Waals surface area contributed by atoms with Gasteiger partial charge >= 0.3 is 0 Å². The molecule has 0 rings (SSSR count). The summed E-state index contributed by atoms with van der Waals surface area (Å²) in [4.78, 5) is 0. The highest BCUT2D eigenvalue weighted by Crippen LogP contribution is 2.12. The lowest BCUT2D eigenvalue weighted by Gasteiger charge is -2.06. The van der Waals surface area contributed by atoms with Gasteiger partial charge in [0.05, 0.1) is 0 Å². The zero-order valence-electron chi connectivity index (χ0n) is 15.8. The summed E-state index contributed by atoms with van der Waals surface area (Å²) in [5.74, 6) is 7.43. The van der Waals surface area contributed by atoms with Crippen LogP contribution < -0.4 is 0 Å². The Hall–Kier alpha value is -0.710. The molecule has 0 aliphatic heterocycles. The first-order valence-corrected chi connectivity index (χ1v) is 10.3. The van der Waals surface area contributed by atoms with Crippen LogP contribution in [-0.4, -0.2) is 16.1 Å². The fourth-order valence-corrected chi connectivity index (χ4v) is 2.51. The summed E-state index contributed by atoms with van der Waals surface area (Å²) in [6.45, 7) is 8.83. The highest BCUT2D eigenvalue weighted by atomic mass is 127. The third-order valence-electron chi connectivity index (χ3n) is 3.27. The van der Waals surface area contributed by atoms with Crippen molar-refractivity contribution in [1.29, 1.82) is 0 Å². The second kappa shape index (κ2) is 18.6. The summed E-state index contributed by atoms with van der Waals surface area (Å²) >= 11 is 2.40. The third kappa shape index (κ3) is 19.3. The van der Waals surface area contributed by atoms with Gasteiger partial charge in [-0.25, -0.2) is 0 Å². The molecule has 0 saturated heterocycles. The number of aliphatic hydroxyl groups is 1. The van der Waals surface area contributed by atoms with Crippen molar-refractivity contribution in [2.45, 2.75) is 53.4 Å². The van der Waals surface area contributed by atoms with Crippen molar-refractivity contribution < 1.29 is 5.11 Å². The molecule has 0 spiro atoms. The molecular weight excluding hydrogens is 407 g/mol. The minimum absolute atomic E-state index is 0.187. The van der Waals surface area contributed by atoms with Crippen LogP contribution in [0.15, 0.2) is 24.3 Å². The molecule has 0 aromatic carbocycles. The number of allylic oxidation sites excluding steroid dienone is 4. The molecule has 0 aliphatic rings. The normalized spacial score (nSPS) is 13.6. The van der Waals surface area contributed by atoms with Gasteiger partial charge in [0.15, 0.2) is 0 Å². The summed E-state index contributed by atoms with van der Waals surface area (Å²) in [5, 5.41) is 8.89. The number of terminal acetylenes is 2. The predicted molar refractivity (Wildman–Crippen MR) is 117 cm³/mol. The second-order valence-corrected chi connectivity index (χ2v) is 7.58. The fraction of sp³-hybridized carbons (Fsp3) is 0.636. The average molecular weight is 442 g/mol. The Bertz CT molecular complexity index is 367. The SMILES string of the molecule is C#CCC(CI)C/C=C/C(C)C.C#CCC(CO)C/C=C/C(C)C. The van der Waals surface area contributed by atoms with Crippen molar-refractivity contribution in [3.05, 3.63) is 24.3 Å². The molecular formula is C22H35IO. The zero-order chi connectivity index (χ0) is 18.8. The zero-order valence-corrected chi connectivity index (χ0v) is 18.0. The van der Waals surface area contributed by atoms with E-state index in [4.69, 9.17) is 18.0 Å². The Labute approximate surface area is 164 Å². The molecule has 0 aliphatic carbocycles. The topological polar surface area (TPSA) is 20.2 Å². The maximum atomic E-state index is 8.89. The molecule has 136 valence electrons. The Morgan fingerprint density at radius 3 is 1.62 bits per heavy atom. The van der Waals surface area contributed by atoms with E-state index in [-0.39, 0.29) is 12.5 Å². The van der Waals surface area contributed by atoms with Gasteiger partial charge in [-0.15, -0.1) is 24.7 Å². The van der Waals surface area contributed by atoms with E-state index in [9.17, 15) is 0 Å². The van der Waals surface area contributed by atoms with Gasteiger partial charge in [-0.2, -0.15) is 0 Å². The number of hydrogen-bond acceptors (Lipinski definition) is 1. The number of aliphatic hydroxyl groups excluding tert-OH is 1. The standard InChI is InChI=1S/C11H17I.C11H18O/c2*1-4-6-11(9-12)8-5-7-10(2)3/h1,5,7,10-11H,6,8-9H2,2-3H3;1,5,7,10-12H,6,8-9H2,2-3H3/b2*7-5+. The van der Waals surface area contributed by atoms with Gasteiger partial charge in [-0.05, 0) is 36.5 Å². The van der Waals surface area contributed by atoms with Crippen molar-refractivity contribution in [1.82, 2.24) is 0 Å². The minimum atomic E-state index is 0.187. The lowest BCUT2D eigenvalue weighted by molar-refractivity contribution is 0.230. The Kier molecular flexibility index (Phi) is 19.8. The second-order valence-electron chi connectivity index (χ2n) is 6.70. The van der Waals surface area contributed by atoms with Gasteiger partial charge in [0.1, 0.15) is 0 Å². The predicted octanol–water partition coefficient (Wildman–Crippen LogP) is 5.88. The molecule has 2 atom stereocenters. The van der Waals surface area contributed by atoms with Crippen LogP contribution in [0.5, 0.6) is 0 Å². The minimum Gasteiger partial charge on any atom is -0.396 e. The Morgan fingerprint density at radius 2 is 1.29 bits per heavy atom. The molecule has 0 aromatic heterocycles. The van der Waals surface area contributed by atoms with Gasteiger partial charge in [-0.1, -0.05) is 74.6 Å². The first kappa shape index (κ1) is 25.5. The number of halogens is 1. The van der Waals surface area contributed by atoms with E-state index in [0.717, 1.165) is 23.7 Å². The summed E-state index contributed by atoms with van der Waals surface area (Å²) < 4.78 is 1.16. The average Bonchev–Trinajstić information content (AvgIpc) is 2.53. The smallest absolute Gasteiger partial charge is 0.0471 e. The summed E-state index contributed by atoms with van der Waals surface area (Å²) in [6.07, 6.45) is 22.7. The highest BCUT2D eigenvalue weighted by Gasteiger charge is 2.02. The maximum Gasteiger partial charge on any atom is 0.0471 e. The molecule has 0 heterocycles. The molecule has 0 aromatic rings. The summed E-state index contributed by atoms with van der Waals surface area (Å²) in [5.41, 5.74) is 0. The number of rotatable bonds is 10. The van der Waals surface area contributed by atoms with Crippen LogP contribution in [0.4, 0.5) is 0 Å². The first-order chi connectivity index (χ1) is 11.4. The molecule has 0 fully saturated rings. The summed E-state index contributed by atoms with van der Waals surface area (Å²) in [6, 6.07) is 0. The van der Waals surface area contributed by atoms with Gasteiger partial charge in [0.25, 0.3) is 0 Å². The maximum absolute atomic E-state index is 8.89. The molecule has 2 heteroatoms. The van der Waals surface area contributed by atoms with E-state index < -0.39 is 0 Å². The van der Waals surface area contributed by atoms with E-state index in [1.165, 1.54) is 0 Å². The van der Waals surface area contributed by atoms with Gasteiger partial charge in [0, 0.05) is 23.9 Å². The molecule has 0 saturated carbocycles. The van der Waals surface area contributed by atoms with Crippen LogP contribution >= 0.6 is 22.6 Å². The van der Waals surface area contributed by atoms with Gasteiger partial charge in [-0.3, -0.25) is 0 Å². The third-order valence-corrected chi connectivity index (χ3v) is 4.52. The molecule has 0 radical (unpaired) electrons. The largest absolute Gasteiger partial charge is 0.396 e. The van der Waals surface area contributed by atoms with Crippen LogP contribution in [0.1, 0.15) is 53.4 Å². The van der Waals surface area contributed by atoms with Crippen molar-refractivity contribution >= 4 is 22.6 Å². The van der Waals surface area contributed by atoms with Crippen LogP contribution in [-0.2, 0) is 0 Å². The fourth-order valence-electron chi connectivity index (χ4n) is 1.84. The highest BCUT2D eigenvalue weighted by molar-refractivity contribution is 14.1. The van der Waals surface area contributed by atoms with Crippen molar-refractivity contribution in [3.63, 3.8) is 0 Å². The molecule has 24 heavy (non-hydrogen) atoms. The Balaban J connectivity index is 0. The van der Waals surface area contributed by atoms with Crippen LogP contribution in [0.2, 0.25) is 0 Å². The molecule has 1 nitrogen and oxygen atoms in total. The van der Waals surface area contributed by atoms with Crippen molar-refractivity contribution in [3.8, 4) is 24.7 Å². The van der Waals surface area contributed by atoms with E-state index in [0.29, 0.717) is 24.2 Å². The molecule has 1 N–H and O–H groups in total. The first-order valence-electron chi connectivity index (χ1n) is 8.78. The lowest BCUT2D eigenvalue weighted by Crippen LogP contribution is -2.03. The van der Waals surface area contributed by atoms with Crippen molar-refractivity contribution in [2.75, 3.05) is 11.0 Å². The quantitative estimate of drug-likeness (QED) is 0.194. The van der Waals surface area contributed by atoms with E-state index >= 15 is 0 Å². The van der Waals surface area contributed by atoms with Crippen LogP contribution in [0.3, 0.4) is 0 Å². The molecule has 2 unspecified atom stereocenters. The van der Waals surface area contributed by atoms with E-state index in [1.54, 1.807) is 0 Å². The van der Waals surface area contributed by atoms with E-state index in [2.05, 4.69) is 86.4 Å². The molecule has 0 bridgehead atoms. The number of hydrogen-bond donors (Lipinski definition) is 1. The van der Waals surface area contributed by atoms with Gasteiger partial charge < -0.3 is 5.11 Å². The lowest BCUT2D eigenvalue weighted by atomic mass is 10.0. The van der Waals surface area contributed by atoms with Gasteiger partial charge in [0.2, 0.25) is 0 Å². The van der Waals surface area contributed by atoms with Crippen LogP contribution in [0.25, 0.3) is 0 Å². The molecule has 0 amide bonds. The van der Waals surface area contributed by atoms with Crippen molar-refractivity contribution in [2.24, 2.45) is 23.7 Å². The summed E-state index contributed by atoms with van der Waals surface area (Å²) in [7, 11) is 0.